The summed E-state index contributed by atoms with van der Waals surface area (Å²) in [5.74, 6) is 0. The molecule has 0 spiro atoms. The van der Waals surface area contributed by atoms with Crippen LogP contribution in [0.4, 0.5) is 0 Å². The first-order valence-electron chi connectivity index (χ1n) is 6.26. The second kappa shape index (κ2) is 9.52. The van der Waals surface area contributed by atoms with Gasteiger partial charge in [0.05, 0.1) is 0 Å². The van der Waals surface area contributed by atoms with Gasteiger partial charge in [-0.15, -0.1) is 0 Å². The normalized spacial score (nSPS) is 13.2. The molecule has 0 saturated carbocycles. The van der Waals surface area contributed by atoms with E-state index in [1.54, 1.807) is 19.1 Å². The van der Waals surface area contributed by atoms with Crippen molar-refractivity contribution in [3.63, 3.8) is 0 Å². The van der Waals surface area contributed by atoms with Gasteiger partial charge in [0.25, 0.3) is 0 Å². The van der Waals surface area contributed by atoms with Crippen LogP contribution in [-0.4, -0.2) is 10.6 Å². The molecule has 1 rings (SSSR count). The fourth-order valence-corrected chi connectivity index (χ4v) is 5.40. The van der Waals surface area contributed by atoms with Crippen molar-refractivity contribution in [1.82, 2.24) is 0 Å². The quantitative estimate of drug-likeness (QED) is 0.529. The van der Waals surface area contributed by atoms with Gasteiger partial charge >= 0.3 is 0 Å². The zero-order valence-electron chi connectivity index (χ0n) is 11.7. The van der Waals surface area contributed by atoms with E-state index >= 15 is 0 Å². The molecule has 0 N–H and O–H groups in total. The smallest absolute Gasteiger partial charge is 0.186 e. The van der Waals surface area contributed by atoms with E-state index in [4.69, 9.17) is 0 Å². The van der Waals surface area contributed by atoms with Crippen LogP contribution in [0.15, 0.2) is 79.2 Å². The van der Waals surface area contributed by atoms with Crippen LogP contribution in [0.5, 0.6) is 0 Å². The Balaban J connectivity index is 3.10. The molecule has 20 heavy (non-hydrogen) atoms. The van der Waals surface area contributed by atoms with E-state index in [2.05, 4.69) is 25.3 Å². The predicted molar refractivity (Wildman–Crippen MR) is 93.8 cm³/mol. The van der Waals surface area contributed by atoms with Crippen molar-refractivity contribution in [3.8, 4) is 0 Å². The lowest BCUT2D eigenvalue weighted by Gasteiger charge is -2.18. The summed E-state index contributed by atoms with van der Waals surface area (Å²) in [5, 5.41) is 2.60. The topological polar surface area (TPSA) is 17.1 Å². The molecular weight excluding hydrogens is 283 g/mol. The summed E-state index contributed by atoms with van der Waals surface area (Å²) in [6.45, 7) is 9.10. The minimum absolute atomic E-state index is 0.152. The Morgan fingerprint density at radius 2 is 1.95 bits per heavy atom. The Hall–Kier alpha value is -1.37. The van der Waals surface area contributed by atoms with Crippen LogP contribution < -0.4 is 5.30 Å². The van der Waals surface area contributed by atoms with Gasteiger partial charge < -0.3 is 0 Å². The first kappa shape index (κ1) is 16.7. The van der Waals surface area contributed by atoms with Gasteiger partial charge in [-0.25, -0.2) is 0 Å². The number of thioether (sulfide) groups is 1. The fourth-order valence-electron chi connectivity index (χ4n) is 1.58. The molecule has 0 heterocycles. The molecule has 0 radical (unpaired) electrons. The molecule has 1 nitrogen and oxygen atoms in total. The van der Waals surface area contributed by atoms with Crippen molar-refractivity contribution in [1.29, 1.82) is 0 Å². The molecule has 0 saturated heterocycles. The summed E-state index contributed by atoms with van der Waals surface area (Å²) in [7, 11) is -0.572. The van der Waals surface area contributed by atoms with Crippen LogP contribution in [0, 0.1) is 0 Å². The monoisotopic (exact) mass is 302 g/mol. The average molecular weight is 302 g/mol. The maximum Gasteiger partial charge on any atom is 0.186 e. The lowest BCUT2D eigenvalue weighted by Crippen LogP contribution is -2.03. The van der Waals surface area contributed by atoms with Gasteiger partial charge in [0.2, 0.25) is 0 Å². The number of rotatable bonds is 7. The molecule has 0 aromatic heterocycles. The highest BCUT2D eigenvalue weighted by molar-refractivity contribution is 8.18. The van der Waals surface area contributed by atoms with Crippen LogP contribution in [-0.2, 0) is 4.79 Å². The van der Waals surface area contributed by atoms with Gasteiger partial charge in [0, 0.05) is 12.4 Å². The van der Waals surface area contributed by atoms with Crippen LogP contribution in [0.2, 0.25) is 0 Å². The number of hydrogen-bond donors (Lipinski definition) is 0. The molecule has 104 valence electrons. The number of carbonyl (C=O) groups is 1. The van der Waals surface area contributed by atoms with E-state index < -0.39 is 7.92 Å². The van der Waals surface area contributed by atoms with Gasteiger partial charge in [-0.2, -0.15) is 0 Å². The lowest BCUT2D eigenvalue weighted by atomic mass is 10.4. The Morgan fingerprint density at radius 1 is 1.25 bits per heavy atom. The third-order valence-corrected chi connectivity index (χ3v) is 6.27. The molecule has 1 aromatic rings. The molecule has 1 aromatic carbocycles. The standard InChI is InChI=1S/C17H19OPS/c1-4-6-11-16(10-5-2)19(14-20-15(3)18)17-12-8-7-9-13-17/h4-13H,1-2,14H2,3H3/b11-6-,16-10+. The van der Waals surface area contributed by atoms with Crippen molar-refractivity contribution in [3.05, 3.63) is 79.2 Å². The van der Waals surface area contributed by atoms with E-state index in [1.807, 2.05) is 36.4 Å². The van der Waals surface area contributed by atoms with Crippen LogP contribution in [0.3, 0.4) is 0 Å². The van der Waals surface area contributed by atoms with Crippen LogP contribution in [0.25, 0.3) is 0 Å². The molecule has 0 amide bonds. The number of carbonyl (C=O) groups excluding carboxylic acids is 1. The zero-order valence-corrected chi connectivity index (χ0v) is 13.4. The summed E-state index contributed by atoms with van der Waals surface area (Å²) < 4.78 is 0. The van der Waals surface area contributed by atoms with Gasteiger partial charge in [-0.1, -0.05) is 85.6 Å². The first-order chi connectivity index (χ1) is 9.69. The van der Waals surface area contributed by atoms with Gasteiger partial charge in [0.15, 0.2) is 5.12 Å². The van der Waals surface area contributed by atoms with Crippen LogP contribution in [0.1, 0.15) is 6.92 Å². The van der Waals surface area contributed by atoms with Crippen molar-refractivity contribution in [2.75, 3.05) is 5.49 Å². The summed E-state index contributed by atoms with van der Waals surface area (Å²) in [4.78, 5) is 11.3. The maximum absolute atomic E-state index is 11.3. The van der Waals surface area contributed by atoms with E-state index in [-0.39, 0.29) is 5.12 Å². The fraction of sp³-hybridized carbons (Fsp3) is 0.118. The van der Waals surface area contributed by atoms with E-state index in [9.17, 15) is 4.79 Å². The number of benzene rings is 1. The third-order valence-electron chi connectivity index (χ3n) is 2.47. The Labute approximate surface area is 126 Å². The van der Waals surface area contributed by atoms with E-state index in [0.29, 0.717) is 0 Å². The van der Waals surface area contributed by atoms with Crippen molar-refractivity contribution < 1.29 is 4.79 Å². The zero-order chi connectivity index (χ0) is 14.8. The molecule has 0 bridgehead atoms. The molecule has 0 aliphatic heterocycles. The summed E-state index contributed by atoms with van der Waals surface area (Å²) in [6.07, 6.45) is 9.53. The molecule has 1 unspecified atom stereocenters. The van der Waals surface area contributed by atoms with Crippen molar-refractivity contribution in [2.24, 2.45) is 0 Å². The average Bonchev–Trinajstić information content (AvgIpc) is 2.45. The van der Waals surface area contributed by atoms with Crippen molar-refractivity contribution in [2.45, 2.75) is 6.92 Å². The number of allylic oxidation sites excluding steroid dienone is 6. The van der Waals surface area contributed by atoms with E-state index in [0.717, 1.165) is 5.49 Å². The summed E-state index contributed by atoms with van der Waals surface area (Å²) in [6, 6.07) is 10.3. The molecule has 0 aliphatic rings. The molecule has 0 fully saturated rings. The molecular formula is C17H19OPS. The Morgan fingerprint density at radius 3 is 2.50 bits per heavy atom. The SMILES string of the molecule is C=C/C=C\C(=C/C=C)P(CSC(C)=O)c1ccccc1. The molecule has 1 atom stereocenters. The highest BCUT2D eigenvalue weighted by Gasteiger charge is 2.15. The second-order valence-corrected chi connectivity index (χ2v) is 7.74. The lowest BCUT2D eigenvalue weighted by molar-refractivity contribution is -0.109. The van der Waals surface area contributed by atoms with Crippen molar-refractivity contribution >= 4 is 30.1 Å². The van der Waals surface area contributed by atoms with E-state index in [1.165, 1.54) is 22.4 Å². The minimum Gasteiger partial charge on any atom is -0.288 e. The highest BCUT2D eigenvalue weighted by Crippen LogP contribution is 2.47. The van der Waals surface area contributed by atoms with Gasteiger partial charge in [-0.05, 0) is 18.5 Å². The largest absolute Gasteiger partial charge is 0.288 e. The second-order valence-electron chi connectivity index (χ2n) is 3.95. The highest BCUT2D eigenvalue weighted by atomic mass is 32.2. The Bertz CT molecular complexity index is 517. The predicted octanol–water partition coefficient (Wildman–Crippen LogP) is 4.84. The maximum atomic E-state index is 11.3. The van der Waals surface area contributed by atoms with Gasteiger partial charge in [-0.3, -0.25) is 4.79 Å². The summed E-state index contributed by atoms with van der Waals surface area (Å²) in [5.41, 5.74) is 0.788. The first-order valence-corrected chi connectivity index (χ1v) is 8.78. The third kappa shape index (κ3) is 5.73. The van der Waals surface area contributed by atoms with Gasteiger partial charge in [0.1, 0.15) is 0 Å². The minimum atomic E-state index is -0.572. The van der Waals surface area contributed by atoms with Crippen LogP contribution >= 0.6 is 19.7 Å². The number of hydrogen-bond acceptors (Lipinski definition) is 2. The summed E-state index contributed by atoms with van der Waals surface area (Å²) >= 11 is 1.38. The Kier molecular flexibility index (Phi) is 7.94. The molecule has 3 heteroatoms. The molecule has 0 aliphatic carbocycles.